The second-order valence-corrected chi connectivity index (χ2v) is 6.06. The zero-order valence-corrected chi connectivity index (χ0v) is 16.7. The predicted octanol–water partition coefficient (Wildman–Crippen LogP) is 4.93. The third-order valence-electron chi connectivity index (χ3n) is 4.41. The first-order valence-electron chi connectivity index (χ1n) is 8.85. The number of carbonyl (C=O) groups is 1. The average Bonchev–Trinajstić information content (AvgIpc) is 3.30. The first-order chi connectivity index (χ1) is 14.1. The minimum Gasteiger partial charge on any atom is -0.496 e. The summed E-state index contributed by atoms with van der Waals surface area (Å²) in [5.41, 5.74) is 2.85. The molecule has 6 heteroatoms. The number of esters is 1. The molecule has 0 fully saturated rings. The van der Waals surface area contributed by atoms with Crippen LogP contribution in [-0.4, -0.2) is 34.4 Å². The van der Waals surface area contributed by atoms with Crippen molar-refractivity contribution in [1.29, 1.82) is 0 Å². The second kappa shape index (κ2) is 9.01. The maximum atomic E-state index is 11.7. The lowest BCUT2D eigenvalue weighted by Crippen LogP contribution is -2.01. The van der Waals surface area contributed by atoms with Gasteiger partial charge >= 0.3 is 5.97 Å². The second-order valence-electron chi connectivity index (χ2n) is 6.06. The Morgan fingerprint density at radius 3 is 2.10 bits per heavy atom. The predicted molar refractivity (Wildman–Crippen MR) is 111 cm³/mol. The molecule has 3 rings (SSSR count). The van der Waals surface area contributed by atoms with E-state index in [1.807, 2.05) is 36.4 Å². The number of hydrogen-bond donors (Lipinski definition) is 0. The molecule has 29 heavy (non-hydrogen) atoms. The van der Waals surface area contributed by atoms with Gasteiger partial charge in [0, 0.05) is 5.56 Å². The number of carbonyl (C=O) groups excluding carboxylic acids is 1. The van der Waals surface area contributed by atoms with E-state index >= 15 is 0 Å². The first-order valence-corrected chi connectivity index (χ1v) is 8.85. The molecule has 1 heterocycles. The quantitative estimate of drug-likeness (QED) is 0.418. The van der Waals surface area contributed by atoms with Crippen molar-refractivity contribution < 1.29 is 28.2 Å². The summed E-state index contributed by atoms with van der Waals surface area (Å²) in [4.78, 5) is 11.7. The van der Waals surface area contributed by atoms with E-state index in [2.05, 4.69) is 0 Å². The molecule has 2 aromatic carbocycles. The van der Waals surface area contributed by atoms with Gasteiger partial charge in [-0.2, -0.15) is 0 Å². The molecule has 0 amide bonds. The van der Waals surface area contributed by atoms with Crippen LogP contribution in [0.25, 0.3) is 23.5 Å². The van der Waals surface area contributed by atoms with Crippen molar-refractivity contribution >= 4 is 18.1 Å². The third kappa shape index (κ3) is 4.27. The van der Waals surface area contributed by atoms with Crippen molar-refractivity contribution in [2.45, 2.75) is 0 Å². The summed E-state index contributed by atoms with van der Waals surface area (Å²) in [6.07, 6.45) is 5.40. The van der Waals surface area contributed by atoms with Crippen LogP contribution in [0.2, 0.25) is 0 Å². The average molecular weight is 394 g/mol. The van der Waals surface area contributed by atoms with E-state index in [9.17, 15) is 4.79 Å². The summed E-state index contributed by atoms with van der Waals surface area (Å²) < 4.78 is 26.8. The summed E-state index contributed by atoms with van der Waals surface area (Å²) in [5, 5.41) is 0. The summed E-state index contributed by atoms with van der Waals surface area (Å²) in [6, 6.07) is 12.6. The number of ether oxygens (including phenoxy) is 4. The van der Waals surface area contributed by atoms with Gasteiger partial charge in [-0.05, 0) is 42.0 Å². The topological polar surface area (TPSA) is 67.1 Å². The first kappa shape index (κ1) is 20.1. The Morgan fingerprint density at radius 1 is 0.862 bits per heavy atom. The molecule has 1 aromatic heterocycles. The molecule has 3 aromatic rings. The Hall–Kier alpha value is -3.67. The molecule has 0 aliphatic rings. The maximum absolute atomic E-state index is 11.7. The van der Waals surface area contributed by atoms with E-state index in [0.717, 1.165) is 16.7 Å². The standard InChI is InChI=1S/C23H22O6/c1-25-19-14-17(23(24)28-4)10-9-16(19)8-7-15-12-20(26-2)22(21(13-15)27-3)18-6-5-11-29-18/h5-14H,1-4H3/b8-7+. The fraction of sp³-hybridized carbons (Fsp3) is 0.174. The molecule has 0 aliphatic heterocycles. The highest BCUT2D eigenvalue weighted by atomic mass is 16.5. The summed E-state index contributed by atoms with van der Waals surface area (Å²) in [5.74, 6) is 2.07. The van der Waals surface area contributed by atoms with Crippen LogP contribution in [0.5, 0.6) is 17.2 Å². The minimum absolute atomic E-state index is 0.415. The number of furan rings is 1. The molecule has 0 bridgehead atoms. The lowest BCUT2D eigenvalue weighted by atomic mass is 10.0. The molecule has 0 radical (unpaired) electrons. The van der Waals surface area contributed by atoms with E-state index < -0.39 is 5.97 Å². The van der Waals surface area contributed by atoms with Crippen LogP contribution in [0, 0.1) is 0 Å². The van der Waals surface area contributed by atoms with E-state index in [4.69, 9.17) is 23.4 Å². The fourth-order valence-corrected chi connectivity index (χ4v) is 2.97. The van der Waals surface area contributed by atoms with Crippen molar-refractivity contribution in [1.82, 2.24) is 0 Å². The van der Waals surface area contributed by atoms with Crippen LogP contribution in [0.3, 0.4) is 0 Å². The van der Waals surface area contributed by atoms with Crippen molar-refractivity contribution in [3.63, 3.8) is 0 Å². The monoisotopic (exact) mass is 394 g/mol. The molecule has 150 valence electrons. The van der Waals surface area contributed by atoms with Gasteiger partial charge in [-0.15, -0.1) is 0 Å². The van der Waals surface area contributed by atoms with E-state index in [0.29, 0.717) is 28.6 Å². The number of methoxy groups -OCH3 is 4. The highest BCUT2D eigenvalue weighted by Crippen LogP contribution is 2.40. The van der Waals surface area contributed by atoms with Crippen molar-refractivity contribution in [3.8, 4) is 28.6 Å². The smallest absolute Gasteiger partial charge is 0.337 e. The fourth-order valence-electron chi connectivity index (χ4n) is 2.97. The Bertz CT molecular complexity index is 993. The molecule has 0 unspecified atom stereocenters. The van der Waals surface area contributed by atoms with Crippen LogP contribution in [-0.2, 0) is 4.74 Å². The van der Waals surface area contributed by atoms with Gasteiger partial charge < -0.3 is 23.4 Å². The van der Waals surface area contributed by atoms with Gasteiger partial charge in [-0.1, -0.05) is 18.2 Å². The molecular formula is C23H22O6. The maximum Gasteiger partial charge on any atom is 0.337 e. The zero-order valence-electron chi connectivity index (χ0n) is 16.7. The number of rotatable bonds is 7. The Balaban J connectivity index is 1.98. The minimum atomic E-state index is -0.415. The van der Waals surface area contributed by atoms with Gasteiger partial charge in [0.05, 0.1) is 40.3 Å². The SMILES string of the molecule is COC(=O)c1ccc(/C=C/c2cc(OC)c(-c3ccco3)c(OC)c2)c(OC)c1. The molecule has 6 nitrogen and oxygen atoms in total. The molecule has 0 saturated carbocycles. The highest BCUT2D eigenvalue weighted by molar-refractivity contribution is 5.90. The van der Waals surface area contributed by atoms with Crippen molar-refractivity contribution in [2.75, 3.05) is 28.4 Å². The van der Waals surface area contributed by atoms with Crippen molar-refractivity contribution in [3.05, 3.63) is 65.4 Å². The number of benzene rings is 2. The third-order valence-corrected chi connectivity index (χ3v) is 4.41. The summed E-state index contributed by atoms with van der Waals surface area (Å²) in [6.45, 7) is 0. The van der Waals surface area contributed by atoms with Crippen LogP contribution in [0.15, 0.2) is 53.1 Å². The molecular weight excluding hydrogens is 372 g/mol. The van der Waals surface area contributed by atoms with Crippen LogP contribution >= 0.6 is 0 Å². The van der Waals surface area contributed by atoms with Crippen LogP contribution in [0.1, 0.15) is 21.5 Å². The van der Waals surface area contributed by atoms with Gasteiger partial charge in [0.2, 0.25) is 0 Å². The van der Waals surface area contributed by atoms with Gasteiger partial charge in [0.15, 0.2) is 0 Å². The van der Waals surface area contributed by atoms with Gasteiger partial charge in [-0.3, -0.25) is 0 Å². The lowest BCUT2D eigenvalue weighted by molar-refractivity contribution is 0.0600. The van der Waals surface area contributed by atoms with E-state index in [1.165, 1.54) is 7.11 Å². The van der Waals surface area contributed by atoms with E-state index in [-0.39, 0.29) is 0 Å². The van der Waals surface area contributed by atoms with Gasteiger partial charge in [-0.25, -0.2) is 4.79 Å². The Labute approximate surface area is 169 Å². The number of hydrogen-bond acceptors (Lipinski definition) is 6. The van der Waals surface area contributed by atoms with Crippen molar-refractivity contribution in [2.24, 2.45) is 0 Å². The van der Waals surface area contributed by atoms with Gasteiger partial charge in [0.25, 0.3) is 0 Å². The van der Waals surface area contributed by atoms with Crippen LogP contribution in [0.4, 0.5) is 0 Å². The Kier molecular flexibility index (Phi) is 6.24. The van der Waals surface area contributed by atoms with Crippen LogP contribution < -0.4 is 14.2 Å². The molecule has 0 atom stereocenters. The zero-order chi connectivity index (χ0) is 20.8. The molecule has 0 spiro atoms. The summed E-state index contributed by atoms with van der Waals surface area (Å²) in [7, 11) is 6.10. The highest BCUT2D eigenvalue weighted by Gasteiger charge is 2.16. The lowest BCUT2D eigenvalue weighted by Gasteiger charge is -2.13. The largest absolute Gasteiger partial charge is 0.496 e. The molecule has 0 N–H and O–H groups in total. The molecule has 0 aliphatic carbocycles. The van der Waals surface area contributed by atoms with E-state index in [1.54, 1.807) is 45.8 Å². The molecule has 0 saturated heterocycles. The normalized spacial score (nSPS) is 10.8. The van der Waals surface area contributed by atoms with Gasteiger partial charge in [0.1, 0.15) is 28.6 Å². The Morgan fingerprint density at radius 2 is 1.55 bits per heavy atom. The summed E-state index contributed by atoms with van der Waals surface area (Å²) >= 11 is 0.